The minimum atomic E-state index is 0.342. The molecule has 0 radical (unpaired) electrons. The van der Waals surface area contributed by atoms with Crippen molar-refractivity contribution >= 4 is 5.69 Å². The van der Waals surface area contributed by atoms with Gasteiger partial charge in [0.2, 0.25) is 0 Å². The Labute approximate surface area is 92.1 Å². The minimum Gasteiger partial charge on any atom is -0.373 e. The van der Waals surface area contributed by atoms with E-state index in [0.717, 1.165) is 12.5 Å². The van der Waals surface area contributed by atoms with Gasteiger partial charge in [0.15, 0.2) is 0 Å². The van der Waals surface area contributed by atoms with Crippen LogP contribution in [0.3, 0.4) is 0 Å². The second kappa shape index (κ2) is 4.23. The molecule has 0 bridgehead atoms. The second-order valence-corrected chi connectivity index (χ2v) is 4.67. The summed E-state index contributed by atoms with van der Waals surface area (Å²) in [6.07, 6.45) is 2.64. The van der Waals surface area contributed by atoms with Crippen molar-refractivity contribution in [3.05, 3.63) is 29.8 Å². The smallest absolute Gasteiger partial charge is 0.0393 e. The van der Waals surface area contributed by atoms with E-state index in [2.05, 4.69) is 43.1 Å². The number of para-hydroxylation sites is 1. The molecule has 2 rings (SSSR count). The zero-order chi connectivity index (χ0) is 10.8. The number of nitrogens with zero attached hydrogens (tertiary/aromatic N) is 1. The molecule has 1 unspecified atom stereocenters. The molecule has 1 aromatic rings. The molecule has 1 saturated carbocycles. The number of anilines is 1. The van der Waals surface area contributed by atoms with Gasteiger partial charge < -0.3 is 10.6 Å². The highest BCUT2D eigenvalue weighted by Gasteiger charge is 2.29. The Morgan fingerprint density at radius 1 is 1.40 bits per heavy atom. The topological polar surface area (TPSA) is 29.3 Å². The van der Waals surface area contributed by atoms with E-state index < -0.39 is 0 Å². The van der Waals surface area contributed by atoms with Crippen LogP contribution in [0.1, 0.15) is 18.4 Å². The highest BCUT2D eigenvalue weighted by molar-refractivity contribution is 5.52. The maximum Gasteiger partial charge on any atom is 0.0393 e. The molecule has 1 atom stereocenters. The molecule has 0 spiro atoms. The van der Waals surface area contributed by atoms with Gasteiger partial charge in [-0.2, -0.15) is 0 Å². The normalized spacial score (nSPS) is 17.5. The largest absolute Gasteiger partial charge is 0.373 e. The van der Waals surface area contributed by atoms with E-state index in [1.807, 2.05) is 0 Å². The fourth-order valence-corrected chi connectivity index (χ4v) is 2.08. The Hall–Kier alpha value is -1.02. The van der Waals surface area contributed by atoms with Crippen LogP contribution in [0.15, 0.2) is 24.3 Å². The average molecular weight is 204 g/mol. The number of benzene rings is 1. The van der Waals surface area contributed by atoms with Crippen LogP contribution >= 0.6 is 0 Å². The Morgan fingerprint density at radius 3 is 2.67 bits per heavy atom. The van der Waals surface area contributed by atoms with Gasteiger partial charge in [-0.05, 0) is 37.3 Å². The Kier molecular flexibility index (Phi) is 2.96. The molecule has 1 aliphatic carbocycles. The third kappa shape index (κ3) is 2.51. The maximum atomic E-state index is 6.13. The highest BCUT2D eigenvalue weighted by Crippen LogP contribution is 2.32. The predicted octanol–water partition coefficient (Wildman–Crippen LogP) is 2.17. The Balaban J connectivity index is 2.00. The van der Waals surface area contributed by atoms with E-state index in [1.54, 1.807) is 0 Å². The summed E-state index contributed by atoms with van der Waals surface area (Å²) < 4.78 is 0. The van der Waals surface area contributed by atoms with Gasteiger partial charge in [-0.25, -0.2) is 0 Å². The lowest BCUT2D eigenvalue weighted by Crippen LogP contribution is -2.37. The standard InChI is InChI=1S/C13H20N2/c1-10-5-3-4-6-13(10)15(2)9-12(14)11-7-8-11/h3-6,11-12H,7-9,14H2,1-2H3. The summed E-state index contributed by atoms with van der Waals surface area (Å²) in [5.41, 5.74) is 8.75. The van der Waals surface area contributed by atoms with Crippen LogP contribution in [-0.2, 0) is 0 Å². The van der Waals surface area contributed by atoms with E-state index in [4.69, 9.17) is 5.73 Å². The quantitative estimate of drug-likeness (QED) is 0.814. The summed E-state index contributed by atoms with van der Waals surface area (Å²) in [6, 6.07) is 8.81. The van der Waals surface area contributed by atoms with E-state index in [1.165, 1.54) is 24.1 Å². The lowest BCUT2D eigenvalue weighted by molar-refractivity contribution is 0.589. The van der Waals surface area contributed by atoms with Crippen molar-refractivity contribution < 1.29 is 0 Å². The summed E-state index contributed by atoms with van der Waals surface area (Å²) in [5, 5.41) is 0. The Bertz CT molecular complexity index is 331. The van der Waals surface area contributed by atoms with Crippen LogP contribution in [0.25, 0.3) is 0 Å². The zero-order valence-electron chi connectivity index (χ0n) is 9.61. The molecule has 82 valence electrons. The van der Waals surface area contributed by atoms with Crippen molar-refractivity contribution in [1.82, 2.24) is 0 Å². The Morgan fingerprint density at radius 2 is 2.07 bits per heavy atom. The van der Waals surface area contributed by atoms with Crippen LogP contribution in [0.4, 0.5) is 5.69 Å². The van der Waals surface area contributed by atoms with Crippen LogP contribution in [0.2, 0.25) is 0 Å². The first-order valence-electron chi connectivity index (χ1n) is 5.71. The SMILES string of the molecule is Cc1ccccc1N(C)CC(N)C1CC1. The molecule has 0 aliphatic heterocycles. The average Bonchev–Trinajstić information content (AvgIpc) is 3.01. The number of hydrogen-bond acceptors (Lipinski definition) is 2. The molecular weight excluding hydrogens is 184 g/mol. The van der Waals surface area contributed by atoms with Crippen LogP contribution in [0, 0.1) is 12.8 Å². The summed E-state index contributed by atoms with van der Waals surface area (Å²) >= 11 is 0. The lowest BCUT2D eigenvalue weighted by Gasteiger charge is -2.24. The molecule has 1 aromatic carbocycles. The molecular formula is C13H20N2. The van der Waals surface area contributed by atoms with Gasteiger partial charge in [-0.15, -0.1) is 0 Å². The molecule has 0 amide bonds. The van der Waals surface area contributed by atoms with Gasteiger partial charge in [0, 0.05) is 25.3 Å². The number of aryl methyl sites for hydroxylation is 1. The molecule has 0 heterocycles. The van der Waals surface area contributed by atoms with Crippen LogP contribution in [0.5, 0.6) is 0 Å². The molecule has 2 heteroatoms. The monoisotopic (exact) mass is 204 g/mol. The van der Waals surface area contributed by atoms with E-state index in [-0.39, 0.29) is 0 Å². The van der Waals surface area contributed by atoms with Crippen LogP contribution < -0.4 is 10.6 Å². The van der Waals surface area contributed by atoms with Crippen molar-refractivity contribution in [2.45, 2.75) is 25.8 Å². The third-order valence-corrected chi connectivity index (χ3v) is 3.24. The molecule has 2 N–H and O–H groups in total. The number of likely N-dealkylation sites (N-methyl/N-ethyl adjacent to an activating group) is 1. The van der Waals surface area contributed by atoms with Crippen molar-refractivity contribution in [1.29, 1.82) is 0 Å². The first-order chi connectivity index (χ1) is 7.18. The van der Waals surface area contributed by atoms with Crippen molar-refractivity contribution in [2.75, 3.05) is 18.5 Å². The molecule has 2 nitrogen and oxygen atoms in total. The summed E-state index contributed by atoms with van der Waals surface area (Å²) in [6.45, 7) is 3.12. The first kappa shape index (κ1) is 10.5. The van der Waals surface area contributed by atoms with Gasteiger partial charge in [0.1, 0.15) is 0 Å². The molecule has 1 fully saturated rings. The van der Waals surface area contributed by atoms with E-state index >= 15 is 0 Å². The van der Waals surface area contributed by atoms with Gasteiger partial charge in [-0.3, -0.25) is 0 Å². The zero-order valence-corrected chi connectivity index (χ0v) is 9.61. The van der Waals surface area contributed by atoms with Gasteiger partial charge >= 0.3 is 0 Å². The van der Waals surface area contributed by atoms with Gasteiger partial charge in [0.25, 0.3) is 0 Å². The minimum absolute atomic E-state index is 0.342. The van der Waals surface area contributed by atoms with Crippen molar-refractivity contribution in [2.24, 2.45) is 11.7 Å². The van der Waals surface area contributed by atoms with E-state index in [9.17, 15) is 0 Å². The second-order valence-electron chi connectivity index (χ2n) is 4.67. The molecule has 0 aromatic heterocycles. The molecule has 1 aliphatic rings. The van der Waals surface area contributed by atoms with Crippen molar-refractivity contribution in [3.63, 3.8) is 0 Å². The fourth-order valence-electron chi connectivity index (χ4n) is 2.08. The summed E-state index contributed by atoms with van der Waals surface area (Å²) in [7, 11) is 2.13. The maximum absolute atomic E-state index is 6.13. The third-order valence-electron chi connectivity index (χ3n) is 3.24. The first-order valence-corrected chi connectivity index (χ1v) is 5.71. The van der Waals surface area contributed by atoms with Gasteiger partial charge in [-0.1, -0.05) is 18.2 Å². The molecule has 0 saturated heterocycles. The van der Waals surface area contributed by atoms with Gasteiger partial charge in [0.05, 0.1) is 0 Å². The number of hydrogen-bond donors (Lipinski definition) is 1. The summed E-state index contributed by atoms with van der Waals surface area (Å²) in [4.78, 5) is 2.28. The van der Waals surface area contributed by atoms with E-state index in [0.29, 0.717) is 6.04 Å². The van der Waals surface area contributed by atoms with Crippen molar-refractivity contribution in [3.8, 4) is 0 Å². The highest BCUT2D eigenvalue weighted by atomic mass is 15.1. The van der Waals surface area contributed by atoms with Crippen LogP contribution in [-0.4, -0.2) is 19.6 Å². The number of nitrogens with two attached hydrogens (primary N) is 1. The lowest BCUT2D eigenvalue weighted by atomic mass is 10.1. The summed E-state index contributed by atoms with van der Waals surface area (Å²) in [5.74, 6) is 0.775. The fraction of sp³-hybridized carbons (Fsp3) is 0.538. The molecule has 15 heavy (non-hydrogen) atoms. The predicted molar refractivity (Wildman–Crippen MR) is 65.1 cm³/mol. The number of rotatable bonds is 4.